The maximum Gasteiger partial charge on any atom is 0.272 e. The van der Waals surface area contributed by atoms with E-state index in [0.717, 1.165) is 17.3 Å². The van der Waals surface area contributed by atoms with E-state index in [9.17, 15) is 18.8 Å². The number of carbonyl (C=O) groups excluding carboxylic acids is 3. The number of anilines is 1. The Balaban J connectivity index is 1.59. The van der Waals surface area contributed by atoms with Crippen LogP contribution in [0.2, 0.25) is 0 Å². The molecule has 1 unspecified atom stereocenters. The highest BCUT2D eigenvalue weighted by atomic mass is 19.1. The van der Waals surface area contributed by atoms with Crippen molar-refractivity contribution in [1.29, 1.82) is 0 Å². The van der Waals surface area contributed by atoms with Crippen LogP contribution in [0.1, 0.15) is 22.3 Å². The van der Waals surface area contributed by atoms with Gasteiger partial charge in [-0.2, -0.15) is 0 Å². The van der Waals surface area contributed by atoms with Gasteiger partial charge in [0, 0.05) is 18.7 Å². The Kier molecular flexibility index (Phi) is 4.97. The molecule has 7 heteroatoms. The van der Waals surface area contributed by atoms with Crippen LogP contribution < -0.4 is 15.8 Å². The van der Waals surface area contributed by atoms with E-state index in [-0.39, 0.29) is 24.4 Å². The summed E-state index contributed by atoms with van der Waals surface area (Å²) in [5, 5.41) is 0. The van der Waals surface area contributed by atoms with Crippen molar-refractivity contribution in [3.05, 3.63) is 65.5 Å². The number of hydrogen-bond acceptors (Lipinski definition) is 3. The van der Waals surface area contributed by atoms with Gasteiger partial charge in [-0.25, -0.2) is 4.39 Å². The predicted molar refractivity (Wildman–Crippen MR) is 93.6 cm³/mol. The van der Waals surface area contributed by atoms with Crippen LogP contribution in [0.3, 0.4) is 0 Å². The minimum absolute atomic E-state index is 0.0509. The third-order valence-corrected chi connectivity index (χ3v) is 4.26. The van der Waals surface area contributed by atoms with Gasteiger partial charge in [-0.05, 0) is 31.2 Å². The minimum atomic E-state index is -0.754. The largest absolute Gasteiger partial charge is 0.312 e. The van der Waals surface area contributed by atoms with Gasteiger partial charge < -0.3 is 4.90 Å². The average molecular weight is 355 g/mol. The monoisotopic (exact) mass is 355 g/mol. The van der Waals surface area contributed by atoms with Gasteiger partial charge >= 0.3 is 0 Å². The van der Waals surface area contributed by atoms with Gasteiger partial charge in [0.05, 0.1) is 11.5 Å². The molecule has 3 amide bonds. The Hall–Kier alpha value is -3.22. The number of hydrogen-bond donors (Lipinski definition) is 2. The summed E-state index contributed by atoms with van der Waals surface area (Å²) in [6.45, 7) is 2.17. The second kappa shape index (κ2) is 7.35. The van der Waals surface area contributed by atoms with Crippen molar-refractivity contribution in [2.45, 2.75) is 13.3 Å². The molecule has 0 bridgehead atoms. The van der Waals surface area contributed by atoms with Gasteiger partial charge in [-0.3, -0.25) is 25.2 Å². The molecule has 0 aliphatic carbocycles. The molecule has 0 radical (unpaired) electrons. The van der Waals surface area contributed by atoms with Gasteiger partial charge in [0.2, 0.25) is 11.8 Å². The average Bonchev–Trinajstić information content (AvgIpc) is 3.02. The fraction of sp³-hybridized carbons (Fsp3) is 0.211. The Bertz CT molecular complexity index is 851. The molecule has 2 N–H and O–H groups in total. The second-order valence-electron chi connectivity index (χ2n) is 6.16. The van der Waals surface area contributed by atoms with Gasteiger partial charge in [-0.15, -0.1) is 0 Å². The number of aryl methyl sites for hydroxylation is 1. The van der Waals surface area contributed by atoms with Crippen LogP contribution in [0.25, 0.3) is 0 Å². The topological polar surface area (TPSA) is 78.5 Å². The lowest BCUT2D eigenvalue weighted by atomic mass is 10.1. The summed E-state index contributed by atoms with van der Waals surface area (Å²) in [5.41, 5.74) is 6.09. The molecule has 1 aliphatic heterocycles. The van der Waals surface area contributed by atoms with Crippen LogP contribution in [0.5, 0.6) is 0 Å². The Morgan fingerprint density at radius 1 is 1.08 bits per heavy atom. The number of amides is 3. The number of rotatable bonds is 3. The molecule has 0 spiro atoms. The van der Waals surface area contributed by atoms with E-state index in [2.05, 4.69) is 10.9 Å². The summed E-state index contributed by atoms with van der Waals surface area (Å²) in [6.07, 6.45) is 0.0509. The number of nitrogens with one attached hydrogen (secondary N) is 2. The first kappa shape index (κ1) is 17.6. The Morgan fingerprint density at radius 3 is 2.46 bits per heavy atom. The molecule has 1 aliphatic rings. The molecule has 1 atom stereocenters. The number of hydrazine groups is 1. The zero-order valence-corrected chi connectivity index (χ0v) is 14.2. The van der Waals surface area contributed by atoms with Crippen molar-refractivity contribution in [2.75, 3.05) is 11.4 Å². The van der Waals surface area contributed by atoms with Crippen LogP contribution >= 0.6 is 0 Å². The van der Waals surface area contributed by atoms with Gasteiger partial charge in [0.15, 0.2) is 0 Å². The molecule has 0 saturated carbocycles. The summed E-state index contributed by atoms with van der Waals surface area (Å²) in [4.78, 5) is 37.9. The third-order valence-electron chi connectivity index (χ3n) is 4.26. The fourth-order valence-electron chi connectivity index (χ4n) is 2.79. The number of benzene rings is 2. The molecule has 0 aromatic heterocycles. The Labute approximate surface area is 150 Å². The van der Waals surface area contributed by atoms with Crippen LogP contribution in [-0.2, 0) is 9.59 Å². The minimum Gasteiger partial charge on any atom is -0.312 e. The van der Waals surface area contributed by atoms with Crippen LogP contribution in [0.4, 0.5) is 10.1 Å². The first-order chi connectivity index (χ1) is 12.5. The van der Waals surface area contributed by atoms with Gasteiger partial charge in [-0.1, -0.05) is 29.8 Å². The molecule has 6 nitrogen and oxygen atoms in total. The second-order valence-corrected chi connectivity index (χ2v) is 6.16. The van der Waals surface area contributed by atoms with Crippen molar-refractivity contribution in [2.24, 2.45) is 5.92 Å². The predicted octanol–water partition coefficient (Wildman–Crippen LogP) is 1.95. The summed E-state index contributed by atoms with van der Waals surface area (Å²) in [5.74, 6) is -2.67. The fourth-order valence-corrected chi connectivity index (χ4v) is 2.79. The number of halogens is 1. The number of nitrogens with zero attached hydrogens (tertiary/aromatic N) is 1. The summed E-state index contributed by atoms with van der Waals surface area (Å²) < 4.78 is 13.6. The van der Waals surface area contributed by atoms with E-state index < -0.39 is 23.5 Å². The zero-order valence-electron chi connectivity index (χ0n) is 14.2. The van der Waals surface area contributed by atoms with E-state index in [1.807, 2.05) is 31.2 Å². The standard InChI is InChI=1S/C19H18FN3O3/c1-12-6-8-14(9-7-12)23-11-13(10-17(23)24)18(25)21-22-19(26)15-4-2-3-5-16(15)20/h2-9,13H,10-11H2,1H3,(H,21,25)(H,22,26). The van der Waals surface area contributed by atoms with Crippen molar-refractivity contribution in [3.63, 3.8) is 0 Å². The summed E-state index contributed by atoms with van der Waals surface area (Å²) in [6, 6.07) is 12.9. The zero-order chi connectivity index (χ0) is 18.7. The third kappa shape index (κ3) is 3.72. The lowest BCUT2D eigenvalue weighted by Gasteiger charge is -2.17. The molecular formula is C19H18FN3O3. The van der Waals surface area contributed by atoms with Crippen LogP contribution in [-0.4, -0.2) is 24.3 Å². The quantitative estimate of drug-likeness (QED) is 0.826. The molecule has 1 heterocycles. The lowest BCUT2D eigenvalue weighted by Crippen LogP contribution is -2.45. The number of carbonyl (C=O) groups is 3. The van der Waals surface area contributed by atoms with E-state index in [4.69, 9.17) is 0 Å². The van der Waals surface area contributed by atoms with E-state index in [0.29, 0.717) is 0 Å². The molecule has 1 fully saturated rings. The van der Waals surface area contributed by atoms with E-state index in [1.165, 1.54) is 18.2 Å². The van der Waals surface area contributed by atoms with Crippen LogP contribution in [0.15, 0.2) is 48.5 Å². The normalized spacial score (nSPS) is 16.5. The van der Waals surface area contributed by atoms with Gasteiger partial charge in [0.1, 0.15) is 5.82 Å². The maximum atomic E-state index is 13.6. The first-order valence-electron chi connectivity index (χ1n) is 8.17. The van der Waals surface area contributed by atoms with Crippen LogP contribution in [0, 0.1) is 18.7 Å². The van der Waals surface area contributed by atoms with Crippen molar-refractivity contribution in [1.82, 2.24) is 10.9 Å². The molecular weight excluding hydrogens is 337 g/mol. The molecule has 1 saturated heterocycles. The highest BCUT2D eigenvalue weighted by Gasteiger charge is 2.35. The smallest absolute Gasteiger partial charge is 0.272 e. The molecule has 134 valence electrons. The summed E-state index contributed by atoms with van der Waals surface area (Å²) >= 11 is 0. The molecule has 2 aromatic rings. The first-order valence-corrected chi connectivity index (χ1v) is 8.17. The van der Waals surface area contributed by atoms with Crippen molar-refractivity contribution in [3.8, 4) is 0 Å². The SMILES string of the molecule is Cc1ccc(N2CC(C(=O)NNC(=O)c3ccccc3F)CC2=O)cc1. The molecule has 26 heavy (non-hydrogen) atoms. The summed E-state index contributed by atoms with van der Waals surface area (Å²) in [7, 11) is 0. The maximum absolute atomic E-state index is 13.6. The van der Waals surface area contributed by atoms with Crippen molar-refractivity contribution < 1.29 is 18.8 Å². The van der Waals surface area contributed by atoms with E-state index >= 15 is 0 Å². The molecule has 2 aromatic carbocycles. The van der Waals surface area contributed by atoms with Gasteiger partial charge in [0.25, 0.3) is 5.91 Å². The lowest BCUT2D eigenvalue weighted by molar-refractivity contribution is -0.126. The Morgan fingerprint density at radius 2 is 1.77 bits per heavy atom. The molecule has 3 rings (SSSR count). The van der Waals surface area contributed by atoms with E-state index in [1.54, 1.807) is 4.90 Å². The highest BCUT2D eigenvalue weighted by molar-refractivity contribution is 6.01. The van der Waals surface area contributed by atoms with Crippen molar-refractivity contribution >= 4 is 23.4 Å². The highest BCUT2D eigenvalue weighted by Crippen LogP contribution is 2.25.